The summed E-state index contributed by atoms with van der Waals surface area (Å²) in [5.74, 6) is -1.57. The molecule has 3 N–H and O–H groups in total. The van der Waals surface area contributed by atoms with E-state index < -0.39 is 0 Å². The molecule has 0 aromatic heterocycles. The van der Waals surface area contributed by atoms with Gasteiger partial charge in [-0.2, -0.15) is 0 Å². The Hall–Kier alpha value is -2.21. The van der Waals surface area contributed by atoms with Gasteiger partial charge in [0.05, 0.1) is 12.2 Å². The van der Waals surface area contributed by atoms with E-state index in [0.717, 1.165) is 0 Å². The minimum atomic E-state index is -0.381. The molecule has 112 valence electrons. The van der Waals surface area contributed by atoms with E-state index in [1.54, 1.807) is 13.0 Å². The molecule has 0 saturated carbocycles. The first-order chi connectivity index (χ1) is 9.90. The van der Waals surface area contributed by atoms with Crippen molar-refractivity contribution in [1.29, 1.82) is 0 Å². The Bertz CT molecular complexity index is 592. The average Bonchev–Trinajstić information content (AvgIpc) is 2.40. The number of benzene rings is 1. The Morgan fingerprint density at radius 1 is 1.29 bits per heavy atom. The molecule has 21 heavy (non-hydrogen) atoms. The van der Waals surface area contributed by atoms with Gasteiger partial charge in [0.2, 0.25) is 11.8 Å². The van der Waals surface area contributed by atoms with Crippen LogP contribution >= 0.6 is 0 Å². The molecule has 1 saturated heterocycles. The first-order valence-electron chi connectivity index (χ1n) is 6.70. The number of amides is 2. The Kier molecular flexibility index (Phi) is 4.37. The van der Waals surface area contributed by atoms with E-state index in [9.17, 15) is 19.5 Å². The van der Waals surface area contributed by atoms with Crippen molar-refractivity contribution in [2.24, 2.45) is 5.92 Å². The van der Waals surface area contributed by atoms with Gasteiger partial charge in [-0.05, 0) is 30.0 Å². The lowest BCUT2D eigenvalue weighted by molar-refractivity contribution is -0.134. The molecule has 6 heteroatoms. The van der Waals surface area contributed by atoms with E-state index in [-0.39, 0.29) is 60.7 Å². The molecule has 1 aliphatic heterocycles. The molecule has 0 unspecified atom stereocenters. The average molecular weight is 291 g/mol. The van der Waals surface area contributed by atoms with Crippen molar-refractivity contribution in [2.75, 3.05) is 0 Å². The molecule has 1 aliphatic rings. The zero-order valence-corrected chi connectivity index (χ0v) is 11.7. The fraction of sp³-hybridized carbons (Fsp3) is 0.400. The molecule has 1 fully saturated rings. The van der Waals surface area contributed by atoms with Crippen LogP contribution in [0.5, 0.6) is 5.75 Å². The third-order valence-corrected chi connectivity index (χ3v) is 3.54. The number of piperidine rings is 1. The summed E-state index contributed by atoms with van der Waals surface area (Å²) in [4.78, 5) is 34.9. The number of aryl methyl sites for hydroxylation is 1. The number of ketones is 1. The van der Waals surface area contributed by atoms with Crippen molar-refractivity contribution in [1.82, 2.24) is 5.32 Å². The van der Waals surface area contributed by atoms with Crippen molar-refractivity contribution >= 4 is 17.6 Å². The number of hydrogen-bond acceptors (Lipinski definition) is 5. The van der Waals surface area contributed by atoms with E-state index in [1.165, 1.54) is 6.07 Å². The van der Waals surface area contributed by atoms with Crippen LogP contribution in [-0.2, 0) is 16.2 Å². The number of rotatable bonds is 4. The molecular formula is C15H17NO5. The molecule has 0 atom stereocenters. The number of hydrogen-bond donors (Lipinski definition) is 3. The number of phenols is 1. The predicted octanol–water partition coefficient (Wildman–Crippen LogP) is 0.819. The molecule has 6 nitrogen and oxygen atoms in total. The van der Waals surface area contributed by atoms with Gasteiger partial charge in [0, 0.05) is 19.3 Å². The van der Waals surface area contributed by atoms with Crippen molar-refractivity contribution < 1.29 is 24.6 Å². The fourth-order valence-electron chi connectivity index (χ4n) is 2.53. The second-order valence-corrected chi connectivity index (χ2v) is 5.34. The molecule has 1 aromatic rings. The molecule has 0 aliphatic carbocycles. The molecule has 1 aromatic carbocycles. The van der Waals surface area contributed by atoms with Crippen molar-refractivity contribution in [3.05, 3.63) is 28.8 Å². The summed E-state index contributed by atoms with van der Waals surface area (Å²) >= 11 is 0. The minimum absolute atomic E-state index is 0.0149. The maximum Gasteiger partial charge on any atom is 0.226 e. The van der Waals surface area contributed by atoms with Crippen LogP contribution in [0.1, 0.15) is 40.7 Å². The van der Waals surface area contributed by atoms with Crippen LogP contribution in [-0.4, -0.2) is 27.8 Å². The lowest BCUT2D eigenvalue weighted by Crippen LogP contribution is -2.39. The molecule has 0 spiro atoms. The molecule has 2 amide bonds. The molecule has 0 radical (unpaired) electrons. The number of Topliss-reactive ketones (excluding diaryl/α,β-unsaturated/α-hetero) is 1. The highest BCUT2D eigenvalue weighted by atomic mass is 16.3. The van der Waals surface area contributed by atoms with E-state index in [4.69, 9.17) is 5.11 Å². The number of aliphatic hydroxyl groups excluding tert-OH is 1. The summed E-state index contributed by atoms with van der Waals surface area (Å²) in [5, 5.41) is 21.3. The second-order valence-electron chi connectivity index (χ2n) is 5.34. The van der Waals surface area contributed by atoms with E-state index >= 15 is 0 Å². The quantitative estimate of drug-likeness (QED) is 0.563. The van der Waals surface area contributed by atoms with Crippen LogP contribution < -0.4 is 5.32 Å². The minimum Gasteiger partial charge on any atom is -0.507 e. The Labute approximate surface area is 121 Å². The van der Waals surface area contributed by atoms with Gasteiger partial charge in [-0.1, -0.05) is 6.07 Å². The SMILES string of the molecule is Cc1cc(CO)cc(C(=O)CC2CC(=O)NC(=O)C2)c1O. The maximum absolute atomic E-state index is 12.3. The summed E-state index contributed by atoms with van der Waals surface area (Å²) in [6.45, 7) is 1.41. The number of carbonyl (C=O) groups is 3. The summed E-state index contributed by atoms with van der Waals surface area (Å²) < 4.78 is 0. The Morgan fingerprint density at radius 2 is 1.90 bits per heavy atom. The lowest BCUT2D eigenvalue weighted by atomic mass is 9.89. The summed E-state index contributed by atoms with van der Waals surface area (Å²) in [6.07, 6.45) is 0.259. The number of aromatic hydroxyl groups is 1. The molecule has 2 rings (SSSR count). The van der Waals surface area contributed by atoms with E-state index in [0.29, 0.717) is 11.1 Å². The summed E-state index contributed by atoms with van der Waals surface area (Å²) in [5.41, 5.74) is 1.16. The molecule has 1 heterocycles. The highest BCUT2D eigenvalue weighted by molar-refractivity contribution is 6.01. The van der Waals surface area contributed by atoms with Crippen molar-refractivity contribution in [3.63, 3.8) is 0 Å². The van der Waals surface area contributed by atoms with Crippen molar-refractivity contribution in [2.45, 2.75) is 32.8 Å². The van der Waals surface area contributed by atoms with Crippen molar-refractivity contribution in [3.8, 4) is 5.75 Å². The van der Waals surface area contributed by atoms with Gasteiger partial charge in [0.1, 0.15) is 5.75 Å². The number of carbonyl (C=O) groups excluding carboxylic acids is 3. The Morgan fingerprint density at radius 3 is 2.48 bits per heavy atom. The number of phenolic OH excluding ortho intramolecular Hbond substituents is 1. The standard InChI is InChI=1S/C15H17NO5/c1-8-2-10(7-17)3-11(15(8)21)12(18)4-9-5-13(19)16-14(20)6-9/h2-3,9,17,21H,4-7H2,1H3,(H,16,19,20). The summed E-state index contributed by atoms with van der Waals surface area (Å²) in [6, 6.07) is 3.04. The van der Waals surface area contributed by atoms with Gasteiger partial charge < -0.3 is 10.2 Å². The normalized spacial score (nSPS) is 15.9. The van der Waals surface area contributed by atoms with Gasteiger partial charge in [-0.15, -0.1) is 0 Å². The lowest BCUT2D eigenvalue weighted by Gasteiger charge is -2.20. The van der Waals surface area contributed by atoms with Crippen LogP contribution in [0.25, 0.3) is 0 Å². The first kappa shape index (κ1) is 15.2. The van der Waals surface area contributed by atoms with Crippen LogP contribution in [0.4, 0.5) is 0 Å². The van der Waals surface area contributed by atoms with Crippen LogP contribution in [0.15, 0.2) is 12.1 Å². The monoisotopic (exact) mass is 291 g/mol. The third-order valence-electron chi connectivity index (χ3n) is 3.54. The number of aliphatic hydroxyl groups is 1. The second kappa shape index (κ2) is 6.05. The first-order valence-corrected chi connectivity index (χ1v) is 6.70. The van der Waals surface area contributed by atoms with E-state index in [1.807, 2.05) is 0 Å². The largest absolute Gasteiger partial charge is 0.507 e. The van der Waals surface area contributed by atoms with Gasteiger partial charge in [-0.3, -0.25) is 19.7 Å². The predicted molar refractivity (Wildman–Crippen MR) is 73.6 cm³/mol. The molecular weight excluding hydrogens is 274 g/mol. The molecule has 0 bridgehead atoms. The summed E-state index contributed by atoms with van der Waals surface area (Å²) in [7, 11) is 0. The highest BCUT2D eigenvalue weighted by Crippen LogP contribution is 2.28. The van der Waals surface area contributed by atoms with Gasteiger partial charge in [-0.25, -0.2) is 0 Å². The van der Waals surface area contributed by atoms with Gasteiger partial charge in [0.25, 0.3) is 0 Å². The smallest absolute Gasteiger partial charge is 0.226 e. The van der Waals surface area contributed by atoms with Crippen LogP contribution in [0.3, 0.4) is 0 Å². The highest BCUT2D eigenvalue weighted by Gasteiger charge is 2.28. The van der Waals surface area contributed by atoms with Gasteiger partial charge >= 0.3 is 0 Å². The van der Waals surface area contributed by atoms with E-state index in [2.05, 4.69) is 5.32 Å². The van der Waals surface area contributed by atoms with Gasteiger partial charge in [0.15, 0.2) is 5.78 Å². The van der Waals surface area contributed by atoms with Crippen LogP contribution in [0.2, 0.25) is 0 Å². The number of nitrogens with one attached hydrogen (secondary N) is 1. The number of imide groups is 1. The van der Waals surface area contributed by atoms with Crippen LogP contribution in [0, 0.1) is 12.8 Å². The zero-order valence-electron chi connectivity index (χ0n) is 11.7. The fourth-order valence-corrected chi connectivity index (χ4v) is 2.53. The topological polar surface area (TPSA) is 104 Å². The Balaban J connectivity index is 2.18. The maximum atomic E-state index is 12.3. The third kappa shape index (κ3) is 3.46. The zero-order chi connectivity index (χ0) is 15.6.